The Bertz CT molecular complexity index is 880. The molecule has 6 nitrogen and oxygen atoms in total. The Kier molecular flexibility index (Phi) is 6.40. The van der Waals surface area contributed by atoms with Gasteiger partial charge in [0.05, 0.1) is 13.3 Å². The SMILES string of the molecule is COc1cc(CNCCc2cccs2)ccc1Oc1ccc(C(N)=O)nc1. The van der Waals surface area contributed by atoms with Gasteiger partial charge in [-0.05, 0) is 47.7 Å². The van der Waals surface area contributed by atoms with Gasteiger partial charge in [0, 0.05) is 18.0 Å². The van der Waals surface area contributed by atoms with Crippen molar-refractivity contribution in [1.29, 1.82) is 0 Å². The van der Waals surface area contributed by atoms with Crippen molar-refractivity contribution in [2.75, 3.05) is 13.7 Å². The van der Waals surface area contributed by atoms with Gasteiger partial charge in [-0.2, -0.15) is 0 Å². The number of nitrogens with two attached hydrogens (primary N) is 1. The first-order chi connectivity index (χ1) is 13.2. The summed E-state index contributed by atoms with van der Waals surface area (Å²) in [7, 11) is 1.60. The molecular weight excluding hydrogens is 362 g/mol. The summed E-state index contributed by atoms with van der Waals surface area (Å²) in [5.41, 5.74) is 6.49. The summed E-state index contributed by atoms with van der Waals surface area (Å²) in [6.45, 7) is 1.66. The number of nitrogens with zero attached hydrogens (tertiary/aromatic N) is 1. The lowest BCUT2D eigenvalue weighted by molar-refractivity contribution is 0.0995. The maximum absolute atomic E-state index is 11.1. The molecule has 1 amide bonds. The zero-order chi connectivity index (χ0) is 19.1. The van der Waals surface area contributed by atoms with E-state index in [4.69, 9.17) is 15.2 Å². The molecule has 0 saturated heterocycles. The molecule has 0 bridgehead atoms. The van der Waals surface area contributed by atoms with Crippen LogP contribution in [-0.4, -0.2) is 24.5 Å². The van der Waals surface area contributed by atoms with Crippen LogP contribution in [0, 0.1) is 0 Å². The zero-order valence-corrected chi connectivity index (χ0v) is 15.8. The van der Waals surface area contributed by atoms with E-state index in [0.29, 0.717) is 17.2 Å². The van der Waals surface area contributed by atoms with E-state index in [1.54, 1.807) is 24.5 Å². The van der Waals surface area contributed by atoms with E-state index in [1.807, 2.05) is 18.2 Å². The van der Waals surface area contributed by atoms with E-state index in [1.165, 1.54) is 17.1 Å². The van der Waals surface area contributed by atoms with E-state index in [2.05, 4.69) is 27.8 Å². The van der Waals surface area contributed by atoms with Crippen LogP contribution < -0.4 is 20.5 Å². The number of hydrogen-bond acceptors (Lipinski definition) is 6. The second-order valence-electron chi connectivity index (χ2n) is 5.84. The number of thiophene rings is 1. The number of hydrogen-bond donors (Lipinski definition) is 2. The number of methoxy groups -OCH3 is 1. The van der Waals surface area contributed by atoms with Gasteiger partial charge in [-0.15, -0.1) is 11.3 Å². The molecule has 2 heterocycles. The van der Waals surface area contributed by atoms with Gasteiger partial charge in [-0.1, -0.05) is 12.1 Å². The fourth-order valence-corrected chi connectivity index (χ4v) is 3.23. The Hall–Kier alpha value is -2.90. The number of carbonyl (C=O) groups excluding carboxylic acids is 1. The Labute approximate surface area is 162 Å². The van der Waals surface area contributed by atoms with E-state index in [0.717, 1.165) is 25.1 Å². The number of amides is 1. The van der Waals surface area contributed by atoms with Gasteiger partial charge in [0.2, 0.25) is 0 Å². The monoisotopic (exact) mass is 383 g/mol. The summed E-state index contributed by atoms with van der Waals surface area (Å²) in [4.78, 5) is 16.4. The van der Waals surface area contributed by atoms with Gasteiger partial charge in [-0.25, -0.2) is 4.98 Å². The van der Waals surface area contributed by atoms with Crippen molar-refractivity contribution in [3.8, 4) is 17.2 Å². The Morgan fingerprint density at radius 2 is 2.11 bits per heavy atom. The molecule has 0 unspecified atom stereocenters. The molecular formula is C20H21N3O3S. The molecule has 0 saturated carbocycles. The molecule has 0 spiro atoms. The highest BCUT2D eigenvalue weighted by Crippen LogP contribution is 2.32. The van der Waals surface area contributed by atoms with E-state index >= 15 is 0 Å². The van der Waals surface area contributed by atoms with E-state index in [-0.39, 0.29) is 5.69 Å². The molecule has 0 aliphatic heterocycles. The van der Waals surface area contributed by atoms with Crippen LogP contribution in [0.3, 0.4) is 0 Å². The lowest BCUT2D eigenvalue weighted by atomic mass is 10.2. The number of carbonyl (C=O) groups is 1. The molecule has 27 heavy (non-hydrogen) atoms. The quantitative estimate of drug-likeness (QED) is 0.553. The van der Waals surface area contributed by atoms with Crippen LogP contribution in [0.1, 0.15) is 20.9 Å². The Morgan fingerprint density at radius 1 is 1.22 bits per heavy atom. The van der Waals surface area contributed by atoms with Crippen LogP contribution >= 0.6 is 11.3 Å². The standard InChI is InChI=1S/C20H21N3O3S/c1-25-19-11-14(12-22-9-8-16-3-2-10-27-16)4-7-18(19)26-15-5-6-17(20(21)24)23-13-15/h2-7,10-11,13,22H,8-9,12H2,1H3,(H2,21,24). The average Bonchev–Trinajstić information content (AvgIpc) is 3.20. The molecule has 3 rings (SSSR count). The van der Waals surface area contributed by atoms with Crippen molar-refractivity contribution < 1.29 is 14.3 Å². The van der Waals surface area contributed by atoms with Gasteiger partial charge in [-0.3, -0.25) is 4.79 Å². The molecule has 3 N–H and O–H groups in total. The van der Waals surface area contributed by atoms with Crippen molar-refractivity contribution in [3.05, 3.63) is 70.2 Å². The summed E-state index contributed by atoms with van der Waals surface area (Å²) in [5, 5.41) is 5.53. The number of aromatic nitrogens is 1. The normalized spacial score (nSPS) is 10.6. The lowest BCUT2D eigenvalue weighted by Gasteiger charge is -2.12. The first-order valence-corrected chi connectivity index (χ1v) is 9.37. The largest absolute Gasteiger partial charge is 0.493 e. The summed E-state index contributed by atoms with van der Waals surface area (Å²) >= 11 is 1.77. The summed E-state index contributed by atoms with van der Waals surface area (Å²) in [5.74, 6) is 1.13. The summed E-state index contributed by atoms with van der Waals surface area (Å²) < 4.78 is 11.2. The number of nitrogens with one attached hydrogen (secondary N) is 1. The molecule has 0 aliphatic carbocycles. The highest BCUT2D eigenvalue weighted by atomic mass is 32.1. The molecule has 1 aromatic carbocycles. The Balaban J connectivity index is 1.59. The zero-order valence-electron chi connectivity index (χ0n) is 15.0. The highest BCUT2D eigenvalue weighted by Gasteiger charge is 2.09. The minimum absolute atomic E-state index is 0.193. The molecule has 0 atom stereocenters. The van der Waals surface area contributed by atoms with Gasteiger partial charge >= 0.3 is 0 Å². The smallest absolute Gasteiger partial charge is 0.267 e. The maximum Gasteiger partial charge on any atom is 0.267 e. The van der Waals surface area contributed by atoms with Crippen LogP contribution in [0.5, 0.6) is 17.2 Å². The third-order valence-corrected chi connectivity index (χ3v) is 4.84. The minimum Gasteiger partial charge on any atom is -0.493 e. The third-order valence-electron chi connectivity index (χ3n) is 3.90. The fraction of sp³-hybridized carbons (Fsp3) is 0.200. The van der Waals surface area contributed by atoms with Crippen LogP contribution in [0.2, 0.25) is 0 Å². The van der Waals surface area contributed by atoms with Crippen molar-refractivity contribution in [3.63, 3.8) is 0 Å². The lowest BCUT2D eigenvalue weighted by Crippen LogP contribution is -2.16. The van der Waals surface area contributed by atoms with Crippen LogP contribution in [0.4, 0.5) is 0 Å². The second kappa shape index (κ2) is 9.16. The van der Waals surface area contributed by atoms with Crippen molar-refractivity contribution in [2.45, 2.75) is 13.0 Å². The molecule has 0 radical (unpaired) electrons. The molecule has 3 aromatic rings. The number of ether oxygens (including phenoxy) is 2. The number of pyridine rings is 1. The van der Waals surface area contributed by atoms with E-state index < -0.39 is 5.91 Å². The van der Waals surface area contributed by atoms with Crippen LogP contribution in [0.15, 0.2) is 54.0 Å². The fourth-order valence-electron chi connectivity index (χ4n) is 2.52. The van der Waals surface area contributed by atoms with Crippen molar-refractivity contribution in [2.24, 2.45) is 5.73 Å². The highest BCUT2D eigenvalue weighted by molar-refractivity contribution is 7.09. The summed E-state index contributed by atoms with van der Waals surface area (Å²) in [6.07, 6.45) is 2.48. The molecule has 0 fully saturated rings. The van der Waals surface area contributed by atoms with Crippen molar-refractivity contribution >= 4 is 17.2 Å². The molecule has 2 aromatic heterocycles. The molecule has 0 aliphatic rings. The predicted octanol–water partition coefficient (Wildman–Crippen LogP) is 3.38. The molecule has 7 heteroatoms. The van der Waals surface area contributed by atoms with E-state index in [9.17, 15) is 4.79 Å². The average molecular weight is 383 g/mol. The maximum atomic E-state index is 11.1. The van der Waals surface area contributed by atoms with Crippen LogP contribution in [-0.2, 0) is 13.0 Å². The Morgan fingerprint density at radius 3 is 2.78 bits per heavy atom. The number of rotatable bonds is 9. The van der Waals surface area contributed by atoms with Crippen LogP contribution in [0.25, 0.3) is 0 Å². The number of primary amides is 1. The second-order valence-corrected chi connectivity index (χ2v) is 6.87. The number of benzene rings is 1. The van der Waals surface area contributed by atoms with Gasteiger partial charge < -0.3 is 20.5 Å². The first kappa shape index (κ1) is 18.9. The first-order valence-electron chi connectivity index (χ1n) is 8.49. The third kappa shape index (κ3) is 5.29. The molecule has 140 valence electrons. The predicted molar refractivity (Wildman–Crippen MR) is 106 cm³/mol. The van der Waals surface area contributed by atoms with Gasteiger partial charge in [0.15, 0.2) is 11.5 Å². The van der Waals surface area contributed by atoms with Gasteiger partial charge in [0.1, 0.15) is 11.4 Å². The minimum atomic E-state index is -0.574. The summed E-state index contributed by atoms with van der Waals surface area (Å²) in [6, 6.07) is 13.2. The topological polar surface area (TPSA) is 86.5 Å². The van der Waals surface area contributed by atoms with Gasteiger partial charge in [0.25, 0.3) is 5.91 Å². The van der Waals surface area contributed by atoms with Crippen molar-refractivity contribution in [1.82, 2.24) is 10.3 Å².